The number of phenols is 1. The highest BCUT2D eigenvalue weighted by Crippen LogP contribution is 2.10. The predicted octanol–water partition coefficient (Wildman–Crippen LogP) is 0.769. The van der Waals surface area contributed by atoms with Crippen LogP contribution < -0.4 is 9.44 Å². The number of aryl methyl sites for hydroxylation is 1. The summed E-state index contributed by atoms with van der Waals surface area (Å²) < 4.78 is 27.3. The first-order chi connectivity index (χ1) is 8.03. The molecule has 0 bridgehead atoms. The van der Waals surface area contributed by atoms with Crippen LogP contribution in [0.1, 0.15) is 18.9 Å². The summed E-state index contributed by atoms with van der Waals surface area (Å²) in [6.07, 6.45) is 1.49. The third-order valence-electron chi connectivity index (χ3n) is 2.21. The molecule has 0 amide bonds. The zero-order chi connectivity index (χ0) is 12.7. The van der Waals surface area contributed by atoms with E-state index in [-0.39, 0.29) is 5.75 Å². The van der Waals surface area contributed by atoms with Crippen molar-refractivity contribution in [3.05, 3.63) is 29.8 Å². The Hall–Kier alpha value is -1.11. The van der Waals surface area contributed by atoms with E-state index in [0.717, 1.165) is 18.4 Å². The highest BCUT2D eigenvalue weighted by atomic mass is 32.2. The first-order valence-corrected chi connectivity index (χ1v) is 7.04. The summed E-state index contributed by atoms with van der Waals surface area (Å²) in [5, 5.41) is 9.09. The lowest BCUT2D eigenvalue weighted by Crippen LogP contribution is -2.36. The van der Waals surface area contributed by atoms with Crippen molar-refractivity contribution < 1.29 is 13.5 Å². The summed E-state index contributed by atoms with van der Waals surface area (Å²) in [4.78, 5) is 0. The normalized spacial score (nSPS) is 11.6. The zero-order valence-electron chi connectivity index (χ0n) is 9.81. The van der Waals surface area contributed by atoms with Gasteiger partial charge in [-0.3, -0.25) is 0 Å². The highest BCUT2D eigenvalue weighted by Gasteiger charge is 2.05. The van der Waals surface area contributed by atoms with Crippen molar-refractivity contribution in [3.63, 3.8) is 0 Å². The maximum absolute atomic E-state index is 11.2. The van der Waals surface area contributed by atoms with Gasteiger partial charge in [-0.15, -0.1) is 0 Å². The van der Waals surface area contributed by atoms with Gasteiger partial charge in [0.25, 0.3) is 10.2 Å². The van der Waals surface area contributed by atoms with Gasteiger partial charge >= 0.3 is 0 Å². The molecule has 0 aliphatic carbocycles. The Morgan fingerprint density at radius 1 is 1.18 bits per heavy atom. The number of benzene rings is 1. The summed E-state index contributed by atoms with van der Waals surface area (Å²) >= 11 is 0. The van der Waals surface area contributed by atoms with Crippen LogP contribution >= 0.6 is 0 Å². The van der Waals surface area contributed by atoms with Crippen LogP contribution in [0.3, 0.4) is 0 Å². The number of aromatic hydroxyl groups is 1. The Morgan fingerprint density at radius 3 is 2.41 bits per heavy atom. The fourth-order valence-electron chi connectivity index (χ4n) is 1.40. The summed E-state index contributed by atoms with van der Waals surface area (Å²) in [5.74, 6) is 0.238. The van der Waals surface area contributed by atoms with E-state index in [2.05, 4.69) is 9.44 Å². The molecule has 1 aromatic carbocycles. The lowest BCUT2D eigenvalue weighted by molar-refractivity contribution is 0.475. The van der Waals surface area contributed by atoms with Crippen molar-refractivity contribution in [3.8, 4) is 5.75 Å². The maximum atomic E-state index is 11.2. The van der Waals surface area contributed by atoms with Crippen LogP contribution in [0.2, 0.25) is 0 Å². The van der Waals surface area contributed by atoms with Crippen LogP contribution in [-0.4, -0.2) is 26.6 Å². The van der Waals surface area contributed by atoms with Crippen LogP contribution in [0, 0.1) is 0 Å². The molecule has 0 fully saturated rings. The van der Waals surface area contributed by atoms with E-state index >= 15 is 0 Å². The number of phenolic OH excluding ortho intramolecular Hbond substituents is 1. The molecule has 0 heterocycles. The van der Waals surface area contributed by atoms with E-state index in [4.69, 9.17) is 5.11 Å². The fourth-order valence-corrected chi connectivity index (χ4v) is 2.30. The van der Waals surface area contributed by atoms with Crippen LogP contribution in [0.5, 0.6) is 5.75 Å². The summed E-state index contributed by atoms with van der Waals surface area (Å²) in [7, 11) is -3.33. The van der Waals surface area contributed by atoms with Crippen molar-refractivity contribution in [1.29, 1.82) is 0 Å². The third kappa shape index (κ3) is 5.67. The Labute approximate surface area is 102 Å². The van der Waals surface area contributed by atoms with Gasteiger partial charge in [0.15, 0.2) is 0 Å². The van der Waals surface area contributed by atoms with Gasteiger partial charge < -0.3 is 5.11 Å². The Bertz CT molecular complexity index is 429. The van der Waals surface area contributed by atoms with Gasteiger partial charge in [0.2, 0.25) is 0 Å². The molecule has 1 rings (SSSR count). The first-order valence-electron chi connectivity index (χ1n) is 5.55. The molecule has 96 valence electrons. The largest absolute Gasteiger partial charge is 0.508 e. The number of hydrogen-bond acceptors (Lipinski definition) is 3. The lowest BCUT2D eigenvalue weighted by atomic mass is 10.1. The topological polar surface area (TPSA) is 78.4 Å². The molecule has 6 heteroatoms. The molecule has 17 heavy (non-hydrogen) atoms. The monoisotopic (exact) mass is 258 g/mol. The van der Waals surface area contributed by atoms with E-state index in [1.54, 1.807) is 19.1 Å². The molecule has 3 N–H and O–H groups in total. The molecule has 0 saturated carbocycles. The van der Waals surface area contributed by atoms with E-state index in [1.165, 1.54) is 0 Å². The molecule has 0 aromatic heterocycles. The standard InChI is InChI=1S/C11H18N2O3S/c1-2-12-17(15,16)13-9-3-4-10-5-7-11(14)8-6-10/h5-8,12-14H,2-4,9H2,1H3. The molecule has 1 aromatic rings. The molecule has 0 spiro atoms. The second-order valence-electron chi connectivity index (χ2n) is 3.67. The molecule has 0 aliphatic rings. The zero-order valence-corrected chi connectivity index (χ0v) is 10.6. The number of rotatable bonds is 7. The van der Waals surface area contributed by atoms with Crippen LogP contribution in [0.4, 0.5) is 0 Å². The molecule has 0 atom stereocenters. The molecule has 5 nitrogen and oxygen atoms in total. The molecule has 0 radical (unpaired) electrons. The van der Waals surface area contributed by atoms with Gasteiger partial charge in [-0.1, -0.05) is 19.1 Å². The smallest absolute Gasteiger partial charge is 0.276 e. The average Bonchev–Trinajstić information content (AvgIpc) is 2.27. The quantitative estimate of drug-likeness (QED) is 0.632. The summed E-state index contributed by atoms with van der Waals surface area (Å²) in [6, 6.07) is 6.90. The lowest BCUT2D eigenvalue weighted by Gasteiger charge is -2.06. The maximum Gasteiger partial charge on any atom is 0.276 e. The number of nitrogens with one attached hydrogen (secondary N) is 2. The van der Waals surface area contributed by atoms with Gasteiger partial charge in [-0.25, -0.2) is 9.44 Å². The first kappa shape index (κ1) is 14.0. The van der Waals surface area contributed by atoms with Crippen molar-refractivity contribution in [2.24, 2.45) is 0 Å². The van der Waals surface area contributed by atoms with Crippen LogP contribution in [0.15, 0.2) is 24.3 Å². The Morgan fingerprint density at radius 2 is 1.82 bits per heavy atom. The summed E-state index contributed by atoms with van der Waals surface area (Å²) in [5.41, 5.74) is 1.07. The SMILES string of the molecule is CCNS(=O)(=O)NCCCc1ccc(O)cc1. The second kappa shape index (κ2) is 6.58. The molecule has 0 saturated heterocycles. The van der Waals surface area contributed by atoms with Crippen molar-refractivity contribution in [2.45, 2.75) is 19.8 Å². The van der Waals surface area contributed by atoms with Crippen molar-refractivity contribution in [2.75, 3.05) is 13.1 Å². The highest BCUT2D eigenvalue weighted by molar-refractivity contribution is 7.87. The van der Waals surface area contributed by atoms with Crippen molar-refractivity contribution in [1.82, 2.24) is 9.44 Å². The number of hydrogen-bond donors (Lipinski definition) is 3. The minimum absolute atomic E-state index is 0.238. The molecule has 0 unspecified atom stereocenters. The van der Waals surface area contributed by atoms with Crippen LogP contribution in [-0.2, 0) is 16.6 Å². The van der Waals surface area contributed by atoms with Gasteiger partial charge in [0.05, 0.1) is 0 Å². The minimum atomic E-state index is -3.33. The molecular formula is C11H18N2O3S. The fraction of sp³-hybridized carbons (Fsp3) is 0.455. The van der Waals surface area contributed by atoms with E-state index < -0.39 is 10.2 Å². The van der Waals surface area contributed by atoms with Gasteiger partial charge in [0.1, 0.15) is 5.75 Å². The Balaban J connectivity index is 2.27. The molecule has 0 aliphatic heterocycles. The van der Waals surface area contributed by atoms with E-state index in [9.17, 15) is 8.42 Å². The van der Waals surface area contributed by atoms with Crippen molar-refractivity contribution >= 4 is 10.2 Å². The Kier molecular flexibility index (Phi) is 5.40. The summed E-state index contributed by atoms with van der Waals surface area (Å²) in [6.45, 7) is 2.51. The van der Waals surface area contributed by atoms with Crippen LogP contribution in [0.25, 0.3) is 0 Å². The van der Waals surface area contributed by atoms with E-state index in [1.807, 2.05) is 12.1 Å². The third-order valence-corrected chi connectivity index (χ3v) is 3.46. The average molecular weight is 258 g/mol. The van der Waals surface area contributed by atoms with Gasteiger partial charge in [-0.05, 0) is 30.5 Å². The molecular weight excluding hydrogens is 240 g/mol. The van der Waals surface area contributed by atoms with Gasteiger partial charge in [-0.2, -0.15) is 8.42 Å². The predicted molar refractivity (Wildman–Crippen MR) is 67.0 cm³/mol. The van der Waals surface area contributed by atoms with E-state index in [0.29, 0.717) is 13.1 Å². The van der Waals surface area contributed by atoms with Gasteiger partial charge in [0, 0.05) is 13.1 Å². The second-order valence-corrected chi connectivity index (χ2v) is 5.25. The minimum Gasteiger partial charge on any atom is -0.508 e.